The fourth-order valence-electron chi connectivity index (χ4n) is 2.66. The fraction of sp³-hybridized carbons (Fsp3) is 0.615. The molecule has 3 N–H and O–H groups in total. The third-order valence-corrected chi connectivity index (χ3v) is 3.63. The van der Waals surface area contributed by atoms with Crippen LogP contribution in [-0.2, 0) is 0 Å². The molecule has 1 atom stereocenters. The van der Waals surface area contributed by atoms with E-state index >= 15 is 0 Å². The fourth-order valence-corrected chi connectivity index (χ4v) is 2.66. The molecule has 1 fully saturated rings. The first-order chi connectivity index (χ1) is 7.70. The van der Waals surface area contributed by atoms with Crippen molar-refractivity contribution in [2.75, 3.05) is 5.73 Å². The lowest BCUT2D eigenvalue weighted by atomic mass is 9.82. The van der Waals surface area contributed by atoms with E-state index in [1.165, 1.54) is 19.3 Å². The van der Waals surface area contributed by atoms with Crippen LogP contribution in [0.15, 0.2) is 12.3 Å². The van der Waals surface area contributed by atoms with Crippen molar-refractivity contribution in [3.8, 4) is 0 Å². The number of nitrogens with zero attached hydrogens (tertiary/aromatic N) is 1. The third kappa shape index (κ3) is 2.19. The van der Waals surface area contributed by atoms with E-state index in [1.54, 1.807) is 6.20 Å². The van der Waals surface area contributed by atoms with Crippen molar-refractivity contribution in [1.82, 2.24) is 4.98 Å². The van der Waals surface area contributed by atoms with Gasteiger partial charge in [0.1, 0.15) is 5.82 Å². The Balaban J connectivity index is 2.22. The monoisotopic (exact) mass is 220 g/mol. The Morgan fingerprint density at radius 2 is 2.06 bits per heavy atom. The summed E-state index contributed by atoms with van der Waals surface area (Å²) in [7, 11) is 0. The molecule has 0 spiro atoms. The van der Waals surface area contributed by atoms with E-state index in [-0.39, 0.29) is 0 Å². The van der Waals surface area contributed by atoms with Crippen molar-refractivity contribution >= 4 is 5.82 Å². The number of aromatic nitrogens is 1. The van der Waals surface area contributed by atoms with Crippen LogP contribution >= 0.6 is 0 Å². The first-order valence-electron chi connectivity index (χ1n) is 6.09. The van der Waals surface area contributed by atoms with Crippen molar-refractivity contribution in [2.24, 2.45) is 5.92 Å². The lowest BCUT2D eigenvalue weighted by Crippen LogP contribution is -2.18. The standard InChI is InChI=1S/C13H20N2O/c1-9-7-8-15-13(14)11(9)12(16)10-5-3-2-4-6-10/h7-8,10,12,16H,2-6H2,1H3,(H2,14,15). The minimum atomic E-state index is -0.436. The van der Waals surface area contributed by atoms with Gasteiger partial charge >= 0.3 is 0 Å². The highest BCUT2D eigenvalue weighted by Gasteiger charge is 2.25. The number of rotatable bonds is 2. The molecule has 0 aliphatic heterocycles. The Hall–Kier alpha value is -1.09. The van der Waals surface area contributed by atoms with Gasteiger partial charge < -0.3 is 10.8 Å². The van der Waals surface area contributed by atoms with E-state index in [0.29, 0.717) is 11.7 Å². The SMILES string of the molecule is Cc1ccnc(N)c1C(O)C1CCCCC1. The van der Waals surface area contributed by atoms with Crippen LogP contribution in [0, 0.1) is 12.8 Å². The summed E-state index contributed by atoms with van der Waals surface area (Å²) in [5.74, 6) is 0.844. The zero-order valence-electron chi connectivity index (χ0n) is 9.82. The normalized spacial score (nSPS) is 19.6. The number of anilines is 1. The second-order valence-electron chi connectivity index (χ2n) is 4.77. The molecule has 3 heteroatoms. The zero-order chi connectivity index (χ0) is 11.5. The average molecular weight is 220 g/mol. The smallest absolute Gasteiger partial charge is 0.129 e. The molecule has 0 amide bonds. The van der Waals surface area contributed by atoms with E-state index in [4.69, 9.17) is 5.73 Å². The van der Waals surface area contributed by atoms with Crippen LogP contribution in [0.3, 0.4) is 0 Å². The molecule has 0 saturated heterocycles. The van der Waals surface area contributed by atoms with Crippen LogP contribution in [0.25, 0.3) is 0 Å². The summed E-state index contributed by atoms with van der Waals surface area (Å²) in [4.78, 5) is 4.07. The van der Waals surface area contributed by atoms with Crippen LogP contribution < -0.4 is 5.73 Å². The lowest BCUT2D eigenvalue weighted by molar-refractivity contribution is 0.0847. The maximum absolute atomic E-state index is 10.4. The summed E-state index contributed by atoms with van der Waals surface area (Å²) in [5, 5.41) is 10.4. The predicted molar refractivity (Wildman–Crippen MR) is 64.9 cm³/mol. The Bertz CT molecular complexity index is 339. The van der Waals surface area contributed by atoms with Gasteiger partial charge in [-0.1, -0.05) is 19.3 Å². The van der Waals surface area contributed by atoms with E-state index in [2.05, 4.69) is 4.98 Å². The second kappa shape index (κ2) is 4.83. The number of nitrogens with two attached hydrogens (primary N) is 1. The summed E-state index contributed by atoms with van der Waals surface area (Å²) in [5.41, 5.74) is 7.75. The Morgan fingerprint density at radius 1 is 1.38 bits per heavy atom. The first kappa shape index (κ1) is 11.4. The number of pyridine rings is 1. The van der Waals surface area contributed by atoms with Gasteiger partial charge in [-0.3, -0.25) is 0 Å². The molecule has 16 heavy (non-hydrogen) atoms. The zero-order valence-corrected chi connectivity index (χ0v) is 9.82. The van der Waals surface area contributed by atoms with Gasteiger partial charge in [-0.05, 0) is 37.3 Å². The summed E-state index contributed by atoms with van der Waals surface area (Å²) in [6, 6.07) is 1.91. The highest BCUT2D eigenvalue weighted by atomic mass is 16.3. The van der Waals surface area contributed by atoms with E-state index in [1.807, 2.05) is 13.0 Å². The van der Waals surface area contributed by atoms with Crippen molar-refractivity contribution in [3.05, 3.63) is 23.4 Å². The van der Waals surface area contributed by atoms with Crippen LogP contribution in [0.2, 0.25) is 0 Å². The molecule has 1 aromatic heterocycles. The minimum absolute atomic E-state index is 0.360. The molecule has 1 aliphatic carbocycles. The van der Waals surface area contributed by atoms with Crippen LogP contribution in [-0.4, -0.2) is 10.1 Å². The Morgan fingerprint density at radius 3 is 2.69 bits per heavy atom. The van der Waals surface area contributed by atoms with Crippen LogP contribution in [0.5, 0.6) is 0 Å². The van der Waals surface area contributed by atoms with E-state index in [9.17, 15) is 5.11 Å². The maximum Gasteiger partial charge on any atom is 0.129 e. The molecule has 1 aromatic rings. The third-order valence-electron chi connectivity index (χ3n) is 3.63. The van der Waals surface area contributed by atoms with E-state index in [0.717, 1.165) is 24.0 Å². The molecule has 1 saturated carbocycles. The lowest BCUT2D eigenvalue weighted by Gasteiger charge is -2.28. The summed E-state index contributed by atoms with van der Waals surface area (Å²) < 4.78 is 0. The molecule has 1 aliphatic rings. The van der Waals surface area contributed by atoms with Gasteiger partial charge in [0.2, 0.25) is 0 Å². The van der Waals surface area contributed by atoms with Crippen molar-refractivity contribution in [2.45, 2.75) is 45.1 Å². The quantitative estimate of drug-likeness (QED) is 0.805. The molecular weight excluding hydrogens is 200 g/mol. The second-order valence-corrected chi connectivity index (χ2v) is 4.77. The summed E-state index contributed by atoms with van der Waals surface area (Å²) >= 11 is 0. The minimum Gasteiger partial charge on any atom is -0.388 e. The van der Waals surface area contributed by atoms with E-state index < -0.39 is 6.10 Å². The number of nitrogen functional groups attached to an aromatic ring is 1. The predicted octanol–water partition coefficient (Wildman–Crippen LogP) is 2.59. The van der Waals surface area contributed by atoms with Crippen molar-refractivity contribution < 1.29 is 5.11 Å². The highest BCUT2D eigenvalue weighted by Crippen LogP contribution is 2.36. The number of aryl methyl sites for hydroxylation is 1. The van der Waals surface area contributed by atoms with Gasteiger partial charge in [-0.25, -0.2) is 4.98 Å². The highest BCUT2D eigenvalue weighted by molar-refractivity contribution is 5.45. The number of aliphatic hydroxyl groups is 1. The molecule has 0 bridgehead atoms. The maximum atomic E-state index is 10.4. The average Bonchev–Trinajstić information content (AvgIpc) is 2.30. The van der Waals surface area contributed by atoms with Crippen molar-refractivity contribution in [1.29, 1.82) is 0 Å². The largest absolute Gasteiger partial charge is 0.388 e. The van der Waals surface area contributed by atoms with Gasteiger partial charge in [-0.2, -0.15) is 0 Å². The topological polar surface area (TPSA) is 59.1 Å². The molecule has 0 radical (unpaired) electrons. The van der Waals surface area contributed by atoms with Crippen LogP contribution in [0.1, 0.15) is 49.3 Å². The molecule has 1 heterocycles. The van der Waals surface area contributed by atoms with Gasteiger partial charge in [0, 0.05) is 11.8 Å². The van der Waals surface area contributed by atoms with Crippen LogP contribution in [0.4, 0.5) is 5.82 Å². The molecule has 88 valence electrons. The van der Waals surface area contributed by atoms with Gasteiger partial charge in [0.25, 0.3) is 0 Å². The summed E-state index contributed by atoms with van der Waals surface area (Å²) in [6.45, 7) is 1.99. The van der Waals surface area contributed by atoms with Gasteiger partial charge in [-0.15, -0.1) is 0 Å². The molecular formula is C13H20N2O. The molecule has 0 aromatic carbocycles. The van der Waals surface area contributed by atoms with Gasteiger partial charge in [0.05, 0.1) is 6.10 Å². The van der Waals surface area contributed by atoms with Gasteiger partial charge in [0.15, 0.2) is 0 Å². The van der Waals surface area contributed by atoms with Crippen molar-refractivity contribution in [3.63, 3.8) is 0 Å². The Labute approximate surface area is 96.7 Å². The summed E-state index contributed by atoms with van der Waals surface area (Å²) in [6.07, 6.45) is 7.21. The molecule has 2 rings (SSSR count). The Kier molecular flexibility index (Phi) is 3.44. The number of hydrogen-bond acceptors (Lipinski definition) is 3. The first-order valence-corrected chi connectivity index (χ1v) is 6.09. The number of aliphatic hydroxyl groups excluding tert-OH is 1. The molecule has 3 nitrogen and oxygen atoms in total. The number of hydrogen-bond donors (Lipinski definition) is 2. The molecule has 1 unspecified atom stereocenters.